The zero-order chi connectivity index (χ0) is 33.8. The molecule has 0 atom stereocenters. The van der Waals surface area contributed by atoms with E-state index in [1.165, 1.54) is 0 Å². The highest BCUT2D eigenvalue weighted by Crippen LogP contribution is 2.10. The molecule has 0 amide bonds. The van der Waals surface area contributed by atoms with E-state index in [0.717, 1.165) is 49.2 Å². The van der Waals surface area contributed by atoms with Crippen LogP contribution in [0.1, 0.15) is 67.8 Å². The number of imidazole rings is 3. The predicted molar refractivity (Wildman–Crippen MR) is 147 cm³/mol. The van der Waals surface area contributed by atoms with Gasteiger partial charge in [0.25, 0.3) is 17.5 Å². The molecule has 4 aromatic rings. The van der Waals surface area contributed by atoms with E-state index in [2.05, 4.69) is 33.2 Å². The van der Waals surface area contributed by atoms with Crippen LogP contribution in [0.4, 0.5) is 0 Å². The lowest BCUT2D eigenvalue weighted by Crippen LogP contribution is -2.34. The molecule has 3 heterocycles. The molecule has 0 radical (unpaired) electrons. The first kappa shape index (κ1) is 36.8. The molecule has 15 nitrogen and oxygen atoms in total. The predicted octanol–water partition coefficient (Wildman–Crippen LogP) is -1.65. The van der Waals surface area contributed by atoms with Gasteiger partial charge in [0, 0.05) is 31.9 Å². The third-order valence-electron chi connectivity index (χ3n) is 6.02. The van der Waals surface area contributed by atoms with Gasteiger partial charge in [0.2, 0.25) is 0 Å². The van der Waals surface area contributed by atoms with E-state index in [1.54, 1.807) is 0 Å². The molecule has 0 unspecified atom stereocenters. The second kappa shape index (κ2) is 19.8. The van der Waals surface area contributed by atoms with Crippen molar-refractivity contribution in [2.75, 3.05) is 0 Å². The Hall–Kier alpha value is -6.27. The highest BCUT2D eigenvalue weighted by molar-refractivity contribution is 6.02. The van der Waals surface area contributed by atoms with Gasteiger partial charge in [-0.3, -0.25) is 0 Å². The largest absolute Gasteiger partial charge is 0.545 e. The van der Waals surface area contributed by atoms with Crippen molar-refractivity contribution in [1.29, 1.82) is 15.8 Å². The van der Waals surface area contributed by atoms with E-state index in [-0.39, 0.29) is 0 Å². The number of carbonyl (C=O) groups is 3. The van der Waals surface area contributed by atoms with Gasteiger partial charge in [0.15, 0.2) is 0 Å². The number of carbonyl (C=O) groups excluding carboxylic acids is 3. The number of H-pyrrole nitrogens is 3. The molecule has 234 valence electrons. The number of benzene rings is 1. The van der Waals surface area contributed by atoms with E-state index < -0.39 is 34.6 Å². The molecule has 3 N–H and O–H groups in total. The molecule has 0 aliphatic carbocycles. The first-order valence-corrected chi connectivity index (χ1v) is 13.5. The number of aromatic carboxylic acids is 3. The summed E-state index contributed by atoms with van der Waals surface area (Å²) in [5.41, 5.74) is -1.84. The number of rotatable bonds is 9. The maximum absolute atomic E-state index is 10.5. The fourth-order valence-corrected chi connectivity index (χ4v) is 3.58. The number of nitrogens with zero attached hydrogens (tertiary/aromatic N) is 6. The third kappa shape index (κ3) is 13.1. The Bertz CT molecular complexity index is 1550. The van der Waals surface area contributed by atoms with Crippen molar-refractivity contribution in [2.24, 2.45) is 0 Å². The standard InChI is InChI=1S/C9H6O6.3C7H9N3/c10-7(11)4-1-2-5(8(12)13)6(3-4)9(14)15;3*1-7-9-4-6-10(7)5-2-3-8/h1-3H,(H,10,11)(H,12,13)(H,14,15);3*4,6H,2,5H2,1H3. The van der Waals surface area contributed by atoms with Crippen molar-refractivity contribution >= 4 is 17.9 Å². The van der Waals surface area contributed by atoms with E-state index in [0.29, 0.717) is 25.3 Å². The van der Waals surface area contributed by atoms with Crippen LogP contribution < -0.4 is 29.0 Å². The Morgan fingerprint density at radius 3 is 1.22 bits per heavy atom. The lowest BCUT2D eigenvalue weighted by molar-refractivity contribution is -0.700. The minimum absolute atomic E-state index is 0.445. The summed E-state index contributed by atoms with van der Waals surface area (Å²) in [6, 6.07) is 8.66. The second-order valence-electron chi connectivity index (χ2n) is 9.06. The lowest BCUT2D eigenvalue weighted by Gasteiger charge is -2.13. The highest BCUT2D eigenvalue weighted by atomic mass is 16.4. The molecular formula is C30H33N9O6. The molecule has 3 aromatic heterocycles. The van der Waals surface area contributed by atoms with Gasteiger partial charge in [0.1, 0.15) is 56.8 Å². The van der Waals surface area contributed by atoms with Crippen LogP contribution >= 0.6 is 0 Å². The SMILES string of the molecule is Cc1[nH]cc[n+]1CCC#N.Cc1[nH]cc[n+]1CCC#N.Cc1[nH]cc[n+]1CCC#N.O=C([O-])c1ccc(C(=O)[O-])c(C(=O)[O-])c1. The summed E-state index contributed by atoms with van der Waals surface area (Å²) >= 11 is 0. The summed E-state index contributed by atoms with van der Waals surface area (Å²) in [7, 11) is 0. The highest BCUT2D eigenvalue weighted by Gasteiger charge is 2.07. The number of nitrogens with one attached hydrogen (secondary N) is 3. The smallest absolute Gasteiger partial charge is 0.251 e. The zero-order valence-corrected chi connectivity index (χ0v) is 25.1. The fraction of sp³-hybridized carbons (Fsp3) is 0.300. The van der Waals surface area contributed by atoms with E-state index in [1.807, 2.05) is 71.7 Å². The molecule has 0 aliphatic heterocycles. The van der Waals surface area contributed by atoms with Crippen molar-refractivity contribution in [1.82, 2.24) is 15.0 Å². The minimum atomic E-state index is -1.79. The van der Waals surface area contributed by atoms with Crippen molar-refractivity contribution in [3.8, 4) is 18.2 Å². The molecule has 1 aromatic carbocycles. The van der Waals surface area contributed by atoms with E-state index in [9.17, 15) is 29.7 Å². The fourth-order valence-electron chi connectivity index (χ4n) is 3.58. The molecule has 45 heavy (non-hydrogen) atoms. The number of carboxylic acids is 3. The van der Waals surface area contributed by atoms with Gasteiger partial charge in [-0.1, -0.05) is 12.1 Å². The van der Waals surface area contributed by atoms with Crippen molar-refractivity contribution in [2.45, 2.75) is 59.7 Å². The molecule has 15 heteroatoms. The Kier molecular flexibility index (Phi) is 16.2. The molecule has 0 saturated heterocycles. The number of aryl methyl sites for hydroxylation is 6. The topological polar surface area (TPSA) is 251 Å². The lowest BCUT2D eigenvalue weighted by atomic mass is 10.0. The maximum atomic E-state index is 10.5. The summed E-state index contributed by atoms with van der Waals surface area (Å²) in [5, 5.41) is 56.1. The molecule has 0 fully saturated rings. The second-order valence-corrected chi connectivity index (χ2v) is 9.06. The van der Waals surface area contributed by atoms with Crippen LogP contribution in [-0.4, -0.2) is 32.9 Å². The van der Waals surface area contributed by atoms with Gasteiger partial charge in [-0.25, -0.2) is 28.7 Å². The number of aromatic amines is 3. The van der Waals surface area contributed by atoms with Gasteiger partial charge in [-0.15, -0.1) is 0 Å². The molecule has 0 saturated carbocycles. The van der Waals surface area contributed by atoms with Gasteiger partial charge in [-0.05, 0) is 11.6 Å². The van der Waals surface area contributed by atoms with Gasteiger partial charge in [0.05, 0.1) is 55.4 Å². The Balaban J connectivity index is 0.000000305. The van der Waals surface area contributed by atoms with Crippen LogP contribution in [-0.2, 0) is 19.6 Å². The maximum Gasteiger partial charge on any atom is 0.251 e. The summed E-state index contributed by atoms with van der Waals surface area (Å²) < 4.78 is 6.05. The normalized spacial score (nSPS) is 9.33. The molecular weight excluding hydrogens is 582 g/mol. The van der Waals surface area contributed by atoms with Crippen LogP contribution in [0.25, 0.3) is 0 Å². The Morgan fingerprint density at radius 1 is 0.622 bits per heavy atom. The van der Waals surface area contributed by atoms with Crippen molar-refractivity contribution in [3.63, 3.8) is 0 Å². The monoisotopic (exact) mass is 615 g/mol. The summed E-state index contributed by atoms with van der Waals surface area (Å²) in [5.74, 6) is -1.85. The number of hydrogen-bond acceptors (Lipinski definition) is 9. The van der Waals surface area contributed by atoms with E-state index in [4.69, 9.17) is 15.8 Å². The van der Waals surface area contributed by atoms with Crippen molar-refractivity contribution < 1.29 is 43.4 Å². The van der Waals surface area contributed by atoms with Crippen LogP contribution in [0.2, 0.25) is 0 Å². The number of nitriles is 3. The van der Waals surface area contributed by atoms with Gasteiger partial charge in [-0.2, -0.15) is 15.8 Å². The van der Waals surface area contributed by atoms with Gasteiger partial charge < -0.3 is 29.7 Å². The number of hydrogen-bond donors (Lipinski definition) is 3. The summed E-state index contributed by atoms with van der Waals surface area (Å²) in [4.78, 5) is 40.4. The van der Waals surface area contributed by atoms with Crippen LogP contribution in [0.3, 0.4) is 0 Å². The first-order chi connectivity index (χ1) is 21.5. The Morgan fingerprint density at radius 2 is 0.978 bits per heavy atom. The molecule has 0 bridgehead atoms. The molecule has 4 rings (SSSR count). The first-order valence-electron chi connectivity index (χ1n) is 13.5. The number of aromatic nitrogens is 6. The summed E-state index contributed by atoms with van der Waals surface area (Å²) in [6.45, 7) is 8.30. The van der Waals surface area contributed by atoms with E-state index >= 15 is 0 Å². The minimum Gasteiger partial charge on any atom is -0.545 e. The zero-order valence-electron chi connectivity index (χ0n) is 25.1. The Labute approximate surface area is 259 Å². The van der Waals surface area contributed by atoms with Crippen LogP contribution in [0.5, 0.6) is 0 Å². The average Bonchev–Trinajstić information content (AvgIpc) is 3.75. The van der Waals surface area contributed by atoms with Crippen molar-refractivity contribution in [3.05, 3.63) is 89.5 Å². The van der Waals surface area contributed by atoms with Crippen LogP contribution in [0, 0.1) is 54.8 Å². The quantitative estimate of drug-likeness (QED) is 0.182. The summed E-state index contributed by atoms with van der Waals surface area (Å²) in [6.07, 6.45) is 13.1. The van der Waals surface area contributed by atoms with Gasteiger partial charge >= 0.3 is 0 Å². The third-order valence-corrected chi connectivity index (χ3v) is 6.02. The average molecular weight is 616 g/mol. The molecule has 0 aliphatic rings. The molecule has 0 spiro atoms. The number of carboxylic acid groups (broad SMARTS) is 3. The van der Waals surface area contributed by atoms with Crippen LogP contribution in [0.15, 0.2) is 55.4 Å².